The molecule has 1 aromatic carbocycles. The van der Waals surface area contributed by atoms with E-state index in [2.05, 4.69) is 29.7 Å². The second kappa shape index (κ2) is 7.38. The van der Waals surface area contributed by atoms with Crippen molar-refractivity contribution in [2.24, 2.45) is 0 Å². The Bertz CT molecular complexity index is 695. The molecule has 1 heterocycles. The summed E-state index contributed by atoms with van der Waals surface area (Å²) in [5.74, 6) is -0.373. The van der Waals surface area contributed by atoms with Crippen LogP contribution in [-0.4, -0.2) is 18.2 Å². The van der Waals surface area contributed by atoms with Crippen LogP contribution in [0.5, 0.6) is 0 Å². The third-order valence-electron chi connectivity index (χ3n) is 3.08. The standard InChI is InChI=1S/C16H18N2O2S2/c1-4-11-6-5-7-12(9-11)17-16(21)18-14-13(15(19)20-3)8-10(2)22-14/h5-9H,4H2,1-3H3,(H2,17,18,21). The third kappa shape index (κ3) is 4.05. The lowest BCUT2D eigenvalue weighted by atomic mass is 10.1. The zero-order chi connectivity index (χ0) is 16.1. The third-order valence-corrected chi connectivity index (χ3v) is 4.25. The number of anilines is 2. The molecule has 0 aliphatic rings. The van der Waals surface area contributed by atoms with Crippen LogP contribution < -0.4 is 10.6 Å². The fraction of sp³-hybridized carbons (Fsp3) is 0.250. The van der Waals surface area contributed by atoms with Gasteiger partial charge in [-0.1, -0.05) is 19.1 Å². The second-order valence-electron chi connectivity index (χ2n) is 4.72. The van der Waals surface area contributed by atoms with Crippen molar-refractivity contribution in [3.05, 3.63) is 46.3 Å². The van der Waals surface area contributed by atoms with Gasteiger partial charge in [-0.2, -0.15) is 0 Å². The van der Waals surface area contributed by atoms with Crippen LogP contribution in [0.2, 0.25) is 0 Å². The number of rotatable bonds is 4. The van der Waals surface area contributed by atoms with Gasteiger partial charge >= 0.3 is 5.97 Å². The first kappa shape index (κ1) is 16.5. The van der Waals surface area contributed by atoms with E-state index in [4.69, 9.17) is 17.0 Å². The number of benzene rings is 1. The molecule has 0 unspecified atom stereocenters. The number of esters is 1. The summed E-state index contributed by atoms with van der Waals surface area (Å²) in [7, 11) is 1.37. The molecule has 0 saturated carbocycles. The highest BCUT2D eigenvalue weighted by Crippen LogP contribution is 2.28. The van der Waals surface area contributed by atoms with E-state index < -0.39 is 0 Å². The van der Waals surface area contributed by atoms with Gasteiger partial charge in [-0.25, -0.2) is 4.79 Å². The Labute approximate surface area is 139 Å². The van der Waals surface area contributed by atoms with Crippen molar-refractivity contribution in [3.63, 3.8) is 0 Å². The Morgan fingerprint density at radius 3 is 2.77 bits per heavy atom. The Hall–Kier alpha value is -1.92. The fourth-order valence-corrected chi connectivity index (χ4v) is 3.19. The monoisotopic (exact) mass is 334 g/mol. The molecule has 0 saturated heterocycles. The molecular weight excluding hydrogens is 316 g/mol. The highest BCUT2D eigenvalue weighted by atomic mass is 32.1. The van der Waals surface area contributed by atoms with Crippen molar-refractivity contribution in [1.82, 2.24) is 0 Å². The Morgan fingerprint density at radius 2 is 2.09 bits per heavy atom. The summed E-state index contributed by atoms with van der Waals surface area (Å²) in [6, 6.07) is 9.85. The smallest absolute Gasteiger partial charge is 0.340 e. The number of hydrogen-bond acceptors (Lipinski definition) is 4. The Morgan fingerprint density at radius 1 is 1.32 bits per heavy atom. The Kier molecular flexibility index (Phi) is 5.51. The molecule has 0 atom stereocenters. The van der Waals surface area contributed by atoms with Gasteiger partial charge in [0.15, 0.2) is 5.11 Å². The topological polar surface area (TPSA) is 50.4 Å². The van der Waals surface area contributed by atoms with E-state index >= 15 is 0 Å². The van der Waals surface area contributed by atoms with Crippen LogP contribution in [0, 0.1) is 6.92 Å². The second-order valence-corrected chi connectivity index (χ2v) is 6.39. The van der Waals surface area contributed by atoms with Gasteiger partial charge in [0.1, 0.15) is 5.00 Å². The highest BCUT2D eigenvalue weighted by molar-refractivity contribution is 7.80. The molecule has 2 rings (SSSR count). The highest BCUT2D eigenvalue weighted by Gasteiger charge is 2.16. The molecule has 0 aliphatic heterocycles. The normalized spacial score (nSPS) is 10.1. The molecule has 0 fully saturated rings. The van der Waals surface area contributed by atoms with Crippen LogP contribution in [-0.2, 0) is 11.2 Å². The lowest BCUT2D eigenvalue weighted by molar-refractivity contribution is 0.0602. The van der Waals surface area contributed by atoms with Crippen molar-refractivity contribution in [1.29, 1.82) is 0 Å². The van der Waals surface area contributed by atoms with Crippen molar-refractivity contribution < 1.29 is 9.53 Å². The SMILES string of the molecule is CCc1cccc(NC(=S)Nc2sc(C)cc2C(=O)OC)c1. The average Bonchev–Trinajstić information content (AvgIpc) is 2.87. The van der Waals surface area contributed by atoms with Gasteiger partial charge in [0.2, 0.25) is 0 Å². The lowest BCUT2D eigenvalue weighted by Gasteiger charge is -2.11. The van der Waals surface area contributed by atoms with Gasteiger partial charge in [0.25, 0.3) is 0 Å². The first-order valence-corrected chi connectivity index (χ1v) is 8.11. The number of ether oxygens (including phenoxy) is 1. The summed E-state index contributed by atoms with van der Waals surface area (Å²) in [5, 5.41) is 7.34. The van der Waals surface area contributed by atoms with Crippen molar-refractivity contribution in [2.45, 2.75) is 20.3 Å². The number of nitrogens with one attached hydrogen (secondary N) is 2. The van der Waals surface area contributed by atoms with Crippen molar-refractivity contribution in [3.8, 4) is 0 Å². The van der Waals surface area contributed by atoms with Gasteiger partial charge in [0, 0.05) is 10.6 Å². The van der Waals surface area contributed by atoms with Gasteiger partial charge in [-0.05, 0) is 49.3 Å². The van der Waals surface area contributed by atoms with E-state index in [1.165, 1.54) is 24.0 Å². The molecule has 0 aliphatic carbocycles. The number of carbonyl (C=O) groups excluding carboxylic acids is 1. The fourth-order valence-electron chi connectivity index (χ4n) is 2.00. The largest absolute Gasteiger partial charge is 0.465 e. The van der Waals surface area contributed by atoms with Crippen LogP contribution in [0.3, 0.4) is 0 Å². The number of aryl methyl sites for hydroxylation is 2. The zero-order valence-corrected chi connectivity index (χ0v) is 14.4. The molecule has 6 heteroatoms. The molecule has 0 spiro atoms. The molecule has 0 amide bonds. The Balaban J connectivity index is 2.10. The average molecular weight is 334 g/mol. The molecule has 2 N–H and O–H groups in total. The quantitative estimate of drug-likeness (QED) is 0.648. The summed E-state index contributed by atoms with van der Waals surface area (Å²) >= 11 is 6.79. The lowest BCUT2D eigenvalue weighted by Crippen LogP contribution is -2.20. The summed E-state index contributed by atoms with van der Waals surface area (Å²) in [4.78, 5) is 12.8. The molecule has 0 bridgehead atoms. The number of carbonyl (C=O) groups is 1. The van der Waals surface area contributed by atoms with Gasteiger partial charge in [-0.15, -0.1) is 11.3 Å². The van der Waals surface area contributed by atoms with Gasteiger partial charge in [-0.3, -0.25) is 0 Å². The van der Waals surface area contributed by atoms with E-state index in [0.29, 0.717) is 15.7 Å². The molecular formula is C16H18N2O2S2. The minimum Gasteiger partial charge on any atom is -0.465 e. The maximum Gasteiger partial charge on any atom is 0.340 e. The predicted molar refractivity (Wildman–Crippen MR) is 96.1 cm³/mol. The molecule has 22 heavy (non-hydrogen) atoms. The first-order chi connectivity index (χ1) is 10.5. The van der Waals surface area contributed by atoms with Crippen LogP contribution in [0.4, 0.5) is 10.7 Å². The zero-order valence-electron chi connectivity index (χ0n) is 12.7. The van der Waals surface area contributed by atoms with Crippen LogP contribution in [0.1, 0.15) is 27.7 Å². The maximum atomic E-state index is 11.8. The molecule has 116 valence electrons. The summed E-state index contributed by atoms with van der Waals surface area (Å²) in [6.07, 6.45) is 0.965. The molecule has 1 aromatic heterocycles. The van der Waals surface area contributed by atoms with E-state index in [1.807, 2.05) is 19.1 Å². The number of thiophene rings is 1. The van der Waals surface area contributed by atoms with E-state index in [0.717, 1.165) is 17.0 Å². The van der Waals surface area contributed by atoms with Crippen molar-refractivity contribution >= 4 is 45.3 Å². The molecule has 2 aromatic rings. The minimum absolute atomic E-state index is 0.373. The molecule has 0 radical (unpaired) electrons. The summed E-state index contributed by atoms with van der Waals surface area (Å²) in [5.41, 5.74) is 2.65. The van der Waals surface area contributed by atoms with Crippen molar-refractivity contribution in [2.75, 3.05) is 17.7 Å². The maximum absolute atomic E-state index is 11.8. The van der Waals surface area contributed by atoms with Crippen LogP contribution in [0.25, 0.3) is 0 Å². The number of hydrogen-bond donors (Lipinski definition) is 2. The van der Waals surface area contributed by atoms with Gasteiger partial charge in [0.05, 0.1) is 12.7 Å². The summed E-state index contributed by atoms with van der Waals surface area (Å²) in [6.45, 7) is 4.04. The van der Waals surface area contributed by atoms with E-state index in [-0.39, 0.29) is 5.97 Å². The summed E-state index contributed by atoms with van der Waals surface area (Å²) < 4.78 is 4.78. The van der Waals surface area contributed by atoms with E-state index in [9.17, 15) is 4.79 Å². The van der Waals surface area contributed by atoms with Crippen LogP contribution in [0.15, 0.2) is 30.3 Å². The molecule has 4 nitrogen and oxygen atoms in total. The predicted octanol–water partition coefficient (Wildman–Crippen LogP) is 4.21. The van der Waals surface area contributed by atoms with Gasteiger partial charge < -0.3 is 15.4 Å². The van der Waals surface area contributed by atoms with Crippen LogP contribution >= 0.6 is 23.6 Å². The first-order valence-electron chi connectivity index (χ1n) is 6.89. The number of methoxy groups -OCH3 is 1. The minimum atomic E-state index is -0.373. The number of thiocarbonyl (C=S) groups is 1. The van der Waals surface area contributed by atoms with E-state index in [1.54, 1.807) is 6.07 Å².